The molecule has 1 rings (SSSR count). The van der Waals surface area contributed by atoms with Crippen LogP contribution in [0.5, 0.6) is 0 Å². The first kappa shape index (κ1) is 18.0. The molecule has 1 amide bonds. The number of carbonyl (C=O) groups excluding carboxylic acids is 2. The van der Waals surface area contributed by atoms with Crippen LogP contribution in [0.3, 0.4) is 0 Å². The number of halogens is 1. The largest absolute Gasteiger partial charge is 1.00 e. The van der Waals surface area contributed by atoms with Crippen molar-refractivity contribution in [1.82, 2.24) is 0 Å². The summed E-state index contributed by atoms with van der Waals surface area (Å²) in [4.78, 5) is 21.6. The second-order valence-electron chi connectivity index (χ2n) is 3.42. The molecule has 1 aromatic carbocycles. The van der Waals surface area contributed by atoms with Crippen LogP contribution in [0.4, 0.5) is 5.69 Å². The molecule has 1 aromatic rings. The molecule has 0 aliphatic carbocycles. The summed E-state index contributed by atoms with van der Waals surface area (Å²) in [6.07, 6.45) is -1.92. The van der Waals surface area contributed by atoms with Gasteiger partial charge in [0.1, 0.15) is 6.10 Å². The Labute approximate surface area is 152 Å². The molecule has 0 aliphatic heterocycles. The first-order valence-corrected chi connectivity index (χ1v) is 5.31. The number of aliphatic hydroxyl groups excluding tert-OH is 1. The van der Waals surface area contributed by atoms with Crippen LogP contribution in [0.1, 0.15) is 12.8 Å². The molecule has 7 heteroatoms. The molecule has 92 valence electrons. The Morgan fingerprint density at radius 3 is 2.39 bits per heavy atom. The van der Waals surface area contributed by atoms with Gasteiger partial charge in [-0.2, -0.15) is 0 Å². The predicted octanol–water partition coefficient (Wildman–Crippen LogP) is -2.83. The first-order valence-electron chi connectivity index (χ1n) is 4.93. The number of carboxylic acids is 1. The fourth-order valence-corrected chi connectivity index (χ4v) is 1.27. The Morgan fingerprint density at radius 2 is 1.89 bits per heavy atom. The van der Waals surface area contributed by atoms with Crippen molar-refractivity contribution in [3.05, 3.63) is 29.3 Å². The summed E-state index contributed by atoms with van der Waals surface area (Å²) in [6.45, 7) is 0. The molecule has 0 spiro atoms. The number of hydrogen-bond donors (Lipinski definition) is 2. The zero-order valence-corrected chi connectivity index (χ0v) is 13.7. The van der Waals surface area contributed by atoms with Gasteiger partial charge in [0, 0.05) is 16.7 Å². The van der Waals surface area contributed by atoms with E-state index in [1.54, 1.807) is 24.3 Å². The normalized spacial score (nSPS) is 11.2. The molecule has 0 aliphatic rings. The molecule has 0 fully saturated rings. The minimum atomic E-state index is -1.37. The molecule has 0 heterocycles. The van der Waals surface area contributed by atoms with Crippen LogP contribution in [0, 0.1) is 0 Å². The SMILES string of the molecule is O=C([O-])CC[C@@H](O)C(=O)Nc1ccc(Cl)cc1.[K+]. The van der Waals surface area contributed by atoms with Crippen LogP contribution in [-0.4, -0.2) is 23.1 Å². The summed E-state index contributed by atoms with van der Waals surface area (Å²) in [5.41, 5.74) is 0.479. The number of carboxylic acid groups (broad SMARTS) is 1. The molecule has 0 radical (unpaired) electrons. The van der Waals surface area contributed by atoms with Crippen molar-refractivity contribution >= 4 is 29.2 Å². The van der Waals surface area contributed by atoms with Crippen LogP contribution in [0.25, 0.3) is 0 Å². The maximum absolute atomic E-state index is 11.4. The average Bonchev–Trinajstić information content (AvgIpc) is 2.28. The molecule has 0 saturated carbocycles. The van der Waals surface area contributed by atoms with E-state index in [-0.39, 0.29) is 64.2 Å². The summed E-state index contributed by atoms with van der Waals surface area (Å²) in [5, 5.41) is 22.5. The fraction of sp³-hybridized carbons (Fsp3) is 0.273. The predicted molar refractivity (Wildman–Crippen MR) is 60.3 cm³/mol. The zero-order chi connectivity index (χ0) is 12.8. The Bertz CT molecular complexity index is 410. The van der Waals surface area contributed by atoms with Gasteiger partial charge in [-0.1, -0.05) is 11.6 Å². The number of nitrogens with one attached hydrogen (secondary N) is 1. The van der Waals surface area contributed by atoms with E-state index in [1.807, 2.05) is 0 Å². The number of rotatable bonds is 5. The molecule has 1 atom stereocenters. The van der Waals surface area contributed by atoms with E-state index in [2.05, 4.69) is 5.32 Å². The Morgan fingerprint density at radius 1 is 1.33 bits per heavy atom. The van der Waals surface area contributed by atoms with Crippen molar-refractivity contribution in [3.8, 4) is 0 Å². The standard InChI is InChI=1S/C11H12ClNO4.K/c12-7-1-3-8(4-2-7)13-11(17)9(14)5-6-10(15)16;/h1-4,9,14H,5-6H2,(H,13,17)(H,15,16);/q;+1/p-1/t9-;/m1./s1. The fourth-order valence-electron chi connectivity index (χ4n) is 1.14. The number of carbonyl (C=O) groups is 2. The molecule has 0 unspecified atom stereocenters. The van der Waals surface area contributed by atoms with Crippen molar-refractivity contribution in [2.24, 2.45) is 0 Å². The van der Waals surface area contributed by atoms with Gasteiger partial charge in [0.15, 0.2) is 0 Å². The number of hydrogen-bond acceptors (Lipinski definition) is 4. The summed E-state index contributed by atoms with van der Waals surface area (Å²) in [7, 11) is 0. The van der Waals surface area contributed by atoms with Crippen LogP contribution in [-0.2, 0) is 9.59 Å². The second-order valence-corrected chi connectivity index (χ2v) is 3.86. The molecule has 0 aromatic heterocycles. The maximum atomic E-state index is 11.4. The third-order valence-electron chi connectivity index (χ3n) is 2.04. The van der Waals surface area contributed by atoms with Crippen molar-refractivity contribution in [2.75, 3.05) is 5.32 Å². The summed E-state index contributed by atoms with van der Waals surface area (Å²) < 4.78 is 0. The maximum Gasteiger partial charge on any atom is 1.00 e. The molecule has 0 bridgehead atoms. The summed E-state index contributed by atoms with van der Waals surface area (Å²) in [5.74, 6) is -1.96. The van der Waals surface area contributed by atoms with Gasteiger partial charge < -0.3 is 20.3 Å². The number of benzene rings is 1. The Balaban J connectivity index is 0.00000289. The van der Waals surface area contributed by atoms with E-state index in [0.29, 0.717) is 10.7 Å². The van der Waals surface area contributed by atoms with Gasteiger partial charge in [-0.25, -0.2) is 0 Å². The average molecular weight is 296 g/mol. The van der Waals surface area contributed by atoms with Gasteiger partial charge in [-0.3, -0.25) is 4.79 Å². The van der Waals surface area contributed by atoms with Gasteiger partial charge in [0.05, 0.1) is 0 Å². The number of aliphatic carboxylic acids is 1. The van der Waals surface area contributed by atoms with Gasteiger partial charge in [-0.05, 0) is 37.1 Å². The molecule has 0 saturated heterocycles. The topological polar surface area (TPSA) is 89.5 Å². The van der Waals surface area contributed by atoms with Crippen molar-refractivity contribution in [1.29, 1.82) is 0 Å². The number of amides is 1. The van der Waals surface area contributed by atoms with E-state index in [1.165, 1.54) is 0 Å². The molecular weight excluding hydrogens is 285 g/mol. The summed E-state index contributed by atoms with van der Waals surface area (Å²) >= 11 is 5.66. The van der Waals surface area contributed by atoms with Crippen molar-refractivity contribution < 1.29 is 71.2 Å². The minimum absolute atomic E-state index is 0. The van der Waals surface area contributed by atoms with Crippen molar-refractivity contribution in [3.63, 3.8) is 0 Å². The monoisotopic (exact) mass is 295 g/mol. The van der Waals surface area contributed by atoms with Gasteiger partial charge >= 0.3 is 51.4 Å². The molecular formula is C11H11ClKNO4. The summed E-state index contributed by atoms with van der Waals surface area (Å²) in [6, 6.07) is 6.33. The van der Waals surface area contributed by atoms with E-state index in [0.717, 1.165) is 0 Å². The smallest absolute Gasteiger partial charge is 0.550 e. The van der Waals surface area contributed by atoms with Crippen LogP contribution >= 0.6 is 11.6 Å². The quantitative estimate of drug-likeness (QED) is 0.573. The van der Waals surface area contributed by atoms with E-state index < -0.39 is 18.0 Å². The minimum Gasteiger partial charge on any atom is -0.550 e. The van der Waals surface area contributed by atoms with Gasteiger partial charge in [-0.15, -0.1) is 0 Å². The van der Waals surface area contributed by atoms with Crippen LogP contribution in [0.2, 0.25) is 5.02 Å². The van der Waals surface area contributed by atoms with E-state index in [9.17, 15) is 19.8 Å². The third kappa shape index (κ3) is 6.84. The first-order chi connectivity index (χ1) is 7.99. The molecule has 18 heavy (non-hydrogen) atoms. The van der Waals surface area contributed by atoms with Crippen molar-refractivity contribution in [2.45, 2.75) is 18.9 Å². The number of anilines is 1. The molecule has 2 N–H and O–H groups in total. The molecule has 5 nitrogen and oxygen atoms in total. The Kier molecular flexibility index (Phi) is 9.05. The zero-order valence-electron chi connectivity index (χ0n) is 9.85. The van der Waals surface area contributed by atoms with Gasteiger partial charge in [0.2, 0.25) is 0 Å². The number of aliphatic hydroxyl groups is 1. The second kappa shape index (κ2) is 9.03. The van der Waals surface area contributed by atoms with Gasteiger partial charge in [0.25, 0.3) is 5.91 Å². The van der Waals surface area contributed by atoms with E-state index in [4.69, 9.17) is 11.6 Å². The Hall–Kier alpha value is 0.0464. The van der Waals surface area contributed by atoms with Crippen LogP contribution in [0.15, 0.2) is 24.3 Å². The third-order valence-corrected chi connectivity index (χ3v) is 2.29. The van der Waals surface area contributed by atoms with E-state index >= 15 is 0 Å². The van der Waals surface area contributed by atoms with Crippen LogP contribution < -0.4 is 61.8 Å².